The molecular weight excluding hydrogens is 309 g/mol. The van der Waals surface area contributed by atoms with Gasteiger partial charge in [0.25, 0.3) is 5.91 Å². The number of hydrogen-bond donors (Lipinski definition) is 1. The molecule has 4 heteroatoms. The third-order valence-electron chi connectivity index (χ3n) is 3.27. The molecule has 0 saturated carbocycles. The molecule has 0 bridgehead atoms. The Bertz CT molecular complexity index is 423. The number of nitrogens with one attached hydrogen (secondary N) is 1. The number of carbonyl (C=O) groups is 1. The molecule has 1 aromatic carbocycles. The minimum atomic E-state index is -0.397. The van der Waals surface area contributed by atoms with Gasteiger partial charge in [0.2, 0.25) is 0 Å². The molecule has 0 radical (unpaired) electrons. The van der Waals surface area contributed by atoms with Gasteiger partial charge in [-0.2, -0.15) is 0 Å². The number of amides is 1. The van der Waals surface area contributed by atoms with Crippen LogP contribution in [0.5, 0.6) is 0 Å². The molecule has 1 atom stereocenters. The molecule has 1 amide bonds. The topological polar surface area (TPSA) is 29.1 Å². The van der Waals surface area contributed by atoms with Gasteiger partial charge in [0.15, 0.2) is 0 Å². The van der Waals surface area contributed by atoms with E-state index in [1.165, 1.54) is 25.0 Å². The van der Waals surface area contributed by atoms with Crippen molar-refractivity contribution in [1.29, 1.82) is 0 Å². The molecule has 0 spiro atoms. The molecule has 0 aliphatic carbocycles. The van der Waals surface area contributed by atoms with Crippen molar-refractivity contribution in [2.45, 2.75) is 39.5 Å². The van der Waals surface area contributed by atoms with Gasteiger partial charge in [-0.05, 0) is 46.5 Å². The van der Waals surface area contributed by atoms with E-state index in [1.807, 2.05) is 0 Å². The van der Waals surface area contributed by atoms with E-state index >= 15 is 0 Å². The maximum Gasteiger partial charge on any atom is 0.252 e. The van der Waals surface area contributed by atoms with Crippen LogP contribution in [0.15, 0.2) is 22.7 Å². The summed E-state index contributed by atoms with van der Waals surface area (Å²) in [4.78, 5) is 12.0. The molecule has 0 heterocycles. The molecule has 0 aliphatic heterocycles. The lowest BCUT2D eigenvalue weighted by molar-refractivity contribution is 0.0944. The van der Waals surface area contributed by atoms with Gasteiger partial charge < -0.3 is 5.32 Å². The van der Waals surface area contributed by atoms with Crippen molar-refractivity contribution in [3.05, 3.63) is 34.1 Å². The molecule has 19 heavy (non-hydrogen) atoms. The van der Waals surface area contributed by atoms with E-state index in [9.17, 15) is 9.18 Å². The smallest absolute Gasteiger partial charge is 0.252 e. The number of carbonyl (C=O) groups excluding carboxylic acids is 1. The molecule has 0 saturated heterocycles. The monoisotopic (exact) mass is 329 g/mol. The highest BCUT2D eigenvalue weighted by atomic mass is 79.9. The molecule has 106 valence electrons. The van der Waals surface area contributed by atoms with E-state index < -0.39 is 5.82 Å². The van der Waals surface area contributed by atoms with E-state index in [1.54, 1.807) is 6.07 Å². The normalized spacial score (nSPS) is 12.2. The zero-order chi connectivity index (χ0) is 14.3. The van der Waals surface area contributed by atoms with Crippen molar-refractivity contribution in [3.63, 3.8) is 0 Å². The van der Waals surface area contributed by atoms with Crippen LogP contribution in [-0.2, 0) is 0 Å². The van der Waals surface area contributed by atoms with Gasteiger partial charge in [0, 0.05) is 11.0 Å². The van der Waals surface area contributed by atoms with Crippen LogP contribution >= 0.6 is 15.9 Å². The highest BCUT2D eigenvalue weighted by molar-refractivity contribution is 9.10. The van der Waals surface area contributed by atoms with Crippen LogP contribution in [0.3, 0.4) is 0 Å². The summed E-state index contributed by atoms with van der Waals surface area (Å²) in [6, 6.07) is 4.14. The summed E-state index contributed by atoms with van der Waals surface area (Å²) in [5.74, 6) is -0.121. The van der Waals surface area contributed by atoms with E-state index in [-0.39, 0.29) is 5.91 Å². The Morgan fingerprint density at radius 2 is 2.16 bits per heavy atom. The van der Waals surface area contributed by atoms with Crippen molar-refractivity contribution >= 4 is 21.8 Å². The van der Waals surface area contributed by atoms with Gasteiger partial charge in [-0.15, -0.1) is 0 Å². The van der Waals surface area contributed by atoms with Crippen LogP contribution in [-0.4, -0.2) is 12.5 Å². The number of rotatable bonds is 7. The molecule has 0 fully saturated rings. The number of unbranched alkanes of at least 4 members (excludes halogenated alkanes) is 1. The van der Waals surface area contributed by atoms with Gasteiger partial charge in [-0.1, -0.05) is 33.1 Å². The van der Waals surface area contributed by atoms with Crippen LogP contribution in [0.4, 0.5) is 4.39 Å². The lowest BCUT2D eigenvalue weighted by Crippen LogP contribution is -2.29. The molecule has 1 aromatic rings. The number of hydrogen-bond acceptors (Lipinski definition) is 1. The van der Waals surface area contributed by atoms with Crippen molar-refractivity contribution in [1.82, 2.24) is 5.32 Å². The highest BCUT2D eigenvalue weighted by Gasteiger charge is 2.13. The van der Waals surface area contributed by atoms with Crippen molar-refractivity contribution in [2.75, 3.05) is 6.54 Å². The Morgan fingerprint density at radius 3 is 2.79 bits per heavy atom. The van der Waals surface area contributed by atoms with Crippen LogP contribution in [0.1, 0.15) is 49.9 Å². The summed E-state index contributed by atoms with van der Waals surface area (Å²) in [6.07, 6.45) is 4.51. The number of benzene rings is 1. The fourth-order valence-electron chi connectivity index (χ4n) is 1.95. The fraction of sp³-hybridized carbons (Fsp3) is 0.533. The minimum Gasteiger partial charge on any atom is -0.352 e. The Balaban J connectivity index is 2.56. The first kappa shape index (κ1) is 16.2. The van der Waals surface area contributed by atoms with Crippen molar-refractivity contribution in [2.24, 2.45) is 5.92 Å². The van der Waals surface area contributed by atoms with Gasteiger partial charge in [-0.3, -0.25) is 4.79 Å². The molecular formula is C15H21BrFNO. The first-order valence-corrected chi connectivity index (χ1v) is 7.61. The zero-order valence-electron chi connectivity index (χ0n) is 11.5. The number of halogens is 2. The second-order valence-corrected chi connectivity index (χ2v) is 5.61. The van der Waals surface area contributed by atoms with Crippen molar-refractivity contribution < 1.29 is 9.18 Å². The van der Waals surface area contributed by atoms with E-state index in [0.717, 1.165) is 12.8 Å². The molecule has 0 aliphatic rings. The molecule has 1 unspecified atom stereocenters. The standard InChI is InChI=1S/C15H21BrFNO/c1-3-5-6-11(4-2)10-18-15(19)13-9-12(17)7-8-14(13)16/h7-9,11H,3-6,10H2,1-2H3,(H,18,19). The van der Waals surface area contributed by atoms with Crippen LogP contribution in [0.25, 0.3) is 0 Å². The van der Waals surface area contributed by atoms with Crippen molar-refractivity contribution in [3.8, 4) is 0 Å². The third kappa shape index (κ3) is 5.31. The lowest BCUT2D eigenvalue weighted by Gasteiger charge is -2.15. The van der Waals surface area contributed by atoms with Crippen LogP contribution in [0, 0.1) is 11.7 Å². The summed E-state index contributed by atoms with van der Waals surface area (Å²) in [7, 11) is 0. The van der Waals surface area contributed by atoms with E-state index in [4.69, 9.17) is 0 Å². The van der Waals surface area contributed by atoms with E-state index in [2.05, 4.69) is 35.1 Å². The Morgan fingerprint density at radius 1 is 1.42 bits per heavy atom. The Hall–Kier alpha value is -0.900. The Kier molecular flexibility index (Phi) is 7.06. The predicted octanol–water partition coefficient (Wildman–Crippen LogP) is 4.53. The minimum absolute atomic E-state index is 0.221. The first-order chi connectivity index (χ1) is 9.08. The summed E-state index contributed by atoms with van der Waals surface area (Å²) in [5.41, 5.74) is 0.352. The summed E-state index contributed by atoms with van der Waals surface area (Å²) < 4.78 is 13.8. The average Bonchev–Trinajstić information content (AvgIpc) is 2.41. The molecule has 1 rings (SSSR count). The molecule has 1 N–H and O–H groups in total. The van der Waals surface area contributed by atoms with Gasteiger partial charge in [0.05, 0.1) is 5.56 Å². The van der Waals surface area contributed by atoms with Gasteiger partial charge >= 0.3 is 0 Å². The van der Waals surface area contributed by atoms with Crippen LogP contribution < -0.4 is 5.32 Å². The van der Waals surface area contributed by atoms with Crippen LogP contribution in [0.2, 0.25) is 0 Å². The SMILES string of the molecule is CCCCC(CC)CNC(=O)c1cc(F)ccc1Br. The fourth-order valence-corrected chi connectivity index (χ4v) is 2.37. The van der Waals surface area contributed by atoms with Gasteiger partial charge in [-0.25, -0.2) is 4.39 Å². The van der Waals surface area contributed by atoms with E-state index in [0.29, 0.717) is 22.5 Å². The summed E-state index contributed by atoms with van der Waals surface area (Å²) >= 11 is 3.27. The largest absolute Gasteiger partial charge is 0.352 e. The zero-order valence-corrected chi connectivity index (χ0v) is 13.1. The third-order valence-corrected chi connectivity index (χ3v) is 3.96. The lowest BCUT2D eigenvalue weighted by atomic mass is 9.99. The first-order valence-electron chi connectivity index (χ1n) is 6.81. The second kappa shape index (κ2) is 8.31. The Labute approximate surface area is 122 Å². The maximum atomic E-state index is 13.1. The summed E-state index contributed by atoms with van der Waals surface area (Å²) in [5, 5.41) is 2.89. The quantitative estimate of drug-likeness (QED) is 0.782. The van der Waals surface area contributed by atoms with Gasteiger partial charge in [0.1, 0.15) is 5.82 Å². The maximum absolute atomic E-state index is 13.1. The molecule has 2 nitrogen and oxygen atoms in total. The molecule has 0 aromatic heterocycles. The highest BCUT2D eigenvalue weighted by Crippen LogP contribution is 2.18. The predicted molar refractivity (Wildman–Crippen MR) is 79.7 cm³/mol. The summed E-state index contributed by atoms with van der Waals surface area (Å²) in [6.45, 7) is 4.94. The second-order valence-electron chi connectivity index (χ2n) is 4.75. The average molecular weight is 330 g/mol.